The summed E-state index contributed by atoms with van der Waals surface area (Å²) in [6.07, 6.45) is 6.98. The average Bonchev–Trinajstić information content (AvgIpc) is 4.00. The van der Waals surface area contributed by atoms with Crippen LogP contribution in [0.3, 0.4) is 0 Å². The van der Waals surface area contributed by atoms with E-state index in [2.05, 4.69) is 51.8 Å². The highest BCUT2D eigenvalue weighted by molar-refractivity contribution is 8.76. The summed E-state index contributed by atoms with van der Waals surface area (Å²) in [5.41, 5.74) is 16.1. The first-order valence-electron chi connectivity index (χ1n) is 22.3. The van der Waals surface area contributed by atoms with Gasteiger partial charge >= 0.3 is 0 Å². The fourth-order valence-corrected chi connectivity index (χ4v) is 10.1. The number of nitrogens with one attached hydrogen (secondary N) is 8. The number of carbonyl (C=O) groups is 8. The first kappa shape index (κ1) is 49.7. The molecule has 0 radical (unpaired) electrons. The van der Waals surface area contributed by atoms with E-state index in [0.29, 0.717) is 31.6 Å². The normalized spacial score (nSPS) is 11.9. The number of H-pyrrole nitrogens is 2. The Morgan fingerprint density at radius 2 is 0.903 bits per heavy atom. The van der Waals surface area contributed by atoms with Gasteiger partial charge in [-0.05, 0) is 59.7 Å². The zero-order chi connectivity index (χ0) is 50.7. The number of nitrogens with zero attached hydrogens (tertiary/aromatic N) is 2. The van der Waals surface area contributed by atoms with Gasteiger partial charge in [-0.3, -0.25) is 48.3 Å². The minimum atomic E-state index is -1.03. The number of benzene rings is 4. The molecule has 0 aliphatic heterocycles. The molecule has 4 heterocycles. The first-order valence-corrected chi connectivity index (χ1v) is 24.4. The van der Waals surface area contributed by atoms with E-state index < -0.39 is 85.5 Å². The standard InChI is InChI=1S/C50H46N12O8S2/c51-47(67)37(17-31-21-55-35-11-3-1-9-33(31)35)61-43(65)25-57-41(63)23-59-49(69)29-15-27-7-5-13-53-45(27)39(19-29)71-72-40-20-30(16-28-8-6-14-54-46(28)40)50(70)60-24-42(64)58-26-44(66)62-38(48(52)68)18-32-22-56-36-12-4-2-10-34(32)36/h1-16,19-22,37-38,55-56H,17-18,23-26H2,(H2,51,67)(H2,52,68)(H,57,63)(H,58,64)(H,59,69)(H,60,70)(H,61,65)(H,62,66)/t37-,38-/m0/s1. The predicted octanol–water partition coefficient (Wildman–Crippen LogP) is 2.66. The molecule has 8 rings (SSSR count). The van der Waals surface area contributed by atoms with Gasteiger partial charge in [0.2, 0.25) is 35.4 Å². The van der Waals surface area contributed by atoms with Gasteiger partial charge in [-0.1, -0.05) is 70.1 Å². The van der Waals surface area contributed by atoms with E-state index in [1.807, 2.05) is 48.5 Å². The molecule has 4 aromatic heterocycles. The third-order valence-corrected chi connectivity index (χ3v) is 13.7. The van der Waals surface area contributed by atoms with Crippen molar-refractivity contribution >= 4 is 112 Å². The van der Waals surface area contributed by atoms with Crippen molar-refractivity contribution in [3.63, 3.8) is 0 Å². The molecular formula is C50H46N12O8S2. The van der Waals surface area contributed by atoms with Crippen LogP contribution in [0, 0.1) is 0 Å². The van der Waals surface area contributed by atoms with Crippen LogP contribution in [0.2, 0.25) is 0 Å². The third kappa shape index (κ3) is 12.3. The van der Waals surface area contributed by atoms with E-state index in [0.717, 1.165) is 32.9 Å². The van der Waals surface area contributed by atoms with E-state index in [1.54, 1.807) is 73.3 Å². The van der Waals surface area contributed by atoms with E-state index in [4.69, 9.17) is 11.5 Å². The SMILES string of the molecule is NC(=O)[C@H](Cc1c[nH]c2ccccc12)NC(=O)CNC(=O)CNC(=O)c1cc(SSc2cc(C(=O)NCC(=O)NCC(=O)N[C@@H](Cc3c[nH]c4ccccc34)C(N)=O)cc3cccnc23)c2ncccc2c1. The minimum Gasteiger partial charge on any atom is -0.368 e. The van der Waals surface area contributed by atoms with Crippen LogP contribution >= 0.6 is 21.6 Å². The van der Waals surface area contributed by atoms with Crippen LogP contribution in [-0.4, -0.2) is 105 Å². The molecule has 0 aliphatic carbocycles. The van der Waals surface area contributed by atoms with Crippen LogP contribution in [0.1, 0.15) is 31.8 Å². The first-order chi connectivity index (χ1) is 34.8. The van der Waals surface area contributed by atoms with Crippen LogP contribution in [-0.2, 0) is 41.6 Å². The molecule has 0 unspecified atom stereocenters. The second kappa shape index (κ2) is 22.8. The maximum absolute atomic E-state index is 13.5. The molecule has 0 fully saturated rings. The smallest absolute Gasteiger partial charge is 0.251 e. The Balaban J connectivity index is 0.843. The van der Waals surface area contributed by atoms with Crippen LogP contribution in [0.25, 0.3) is 43.6 Å². The summed E-state index contributed by atoms with van der Waals surface area (Å²) in [5, 5.41) is 18.2. The molecule has 72 heavy (non-hydrogen) atoms. The number of aromatic amines is 2. The summed E-state index contributed by atoms with van der Waals surface area (Å²) >= 11 is 0. The van der Waals surface area contributed by atoms with Crippen molar-refractivity contribution in [1.29, 1.82) is 0 Å². The van der Waals surface area contributed by atoms with E-state index in [-0.39, 0.29) is 24.0 Å². The molecule has 2 atom stereocenters. The van der Waals surface area contributed by atoms with Crippen LogP contribution in [0.4, 0.5) is 0 Å². The van der Waals surface area contributed by atoms with Crippen molar-refractivity contribution < 1.29 is 38.4 Å². The van der Waals surface area contributed by atoms with Crippen molar-refractivity contribution in [2.75, 3.05) is 26.2 Å². The Bertz CT molecular complexity index is 3190. The number of primary amides is 2. The molecule has 8 amide bonds. The van der Waals surface area contributed by atoms with Gasteiger partial charge < -0.3 is 53.3 Å². The summed E-state index contributed by atoms with van der Waals surface area (Å²) < 4.78 is 0. The van der Waals surface area contributed by atoms with Gasteiger partial charge in [0.15, 0.2) is 0 Å². The highest BCUT2D eigenvalue weighted by Gasteiger charge is 2.23. The Labute approximate surface area is 417 Å². The van der Waals surface area contributed by atoms with Crippen LogP contribution in [0.5, 0.6) is 0 Å². The molecule has 0 bridgehead atoms. The molecule has 0 saturated heterocycles. The van der Waals surface area contributed by atoms with Gasteiger partial charge in [-0.15, -0.1) is 0 Å². The van der Waals surface area contributed by atoms with Gasteiger partial charge in [-0.2, -0.15) is 0 Å². The molecule has 8 aromatic rings. The summed E-state index contributed by atoms with van der Waals surface area (Å²) in [6, 6.07) is 26.4. The largest absolute Gasteiger partial charge is 0.368 e. The maximum atomic E-state index is 13.5. The van der Waals surface area contributed by atoms with E-state index >= 15 is 0 Å². The third-order valence-electron chi connectivity index (χ3n) is 11.4. The van der Waals surface area contributed by atoms with Gasteiger partial charge in [-0.25, -0.2) is 0 Å². The molecule has 0 saturated carbocycles. The van der Waals surface area contributed by atoms with Crippen molar-refractivity contribution in [3.8, 4) is 0 Å². The van der Waals surface area contributed by atoms with Crippen molar-refractivity contribution in [2.24, 2.45) is 11.5 Å². The van der Waals surface area contributed by atoms with Crippen molar-refractivity contribution in [3.05, 3.63) is 144 Å². The topological polar surface area (TPSA) is 318 Å². The predicted molar refractivity (Wildman–Crippen MR) is 272 cm³/mol. The second-order valence-corrected chi connectivity index (χ2v) is 18.6. The lowest BCUT2D eigenvalue weighted by Gasteiger charge is -2.16. The number of aromatic nitrogens is 4. The zero-order valence-electron chi connectivity index (χ0n) is 38.1. The number of rotatable bonds is 21. The Morgan fingerprint density at radius 3 is 1.32 bits per heavy atom. The minimum absolute atomic E-state index is 0.137. The highest BCUT2D eigenvalue weighted by Crippen LogP contribution is 2.43. The number of carbonyl (C=O) groups excluding carboxylic acids is 8. The Morgan fingerprint density at radius 1 is 0.500 bits per heavy atom. The van der Waals surface area contributed by atoms with E-state index in [1.165, 1.54) is 21.6 Å². The quantitative estimate of drug-likeness (QED) is 0.0465. The number of para-hydroxylation sites is 2. The molecule has 4 aromatic carbocycles. The summed E-state index contributed by atoms with van der Waals surface area (Å²) in [4.78, 5) is 119. The lowest BCUT2D eigenvalue weighted by Crippen LogP contribution is -2.49. The number of hydrogen-bond acceptors (Lipinski definition) is 12. The van der Waals surface area contributed by atoms with Crippen molar-refractivity contribution in [1.82, 2.24) is 51.8 Å². The molecule has 366 valence electrons. The number of nitrogens with two attached hydrogens (primary N) is 2. The second-order valence-electron chi connectivity index (χ2n) is 16.4. The zero-order valence-corrected chi connectivity index (χ0v) is 39.7. The lowest BCUT2D eigenvalue weighted by atomic mass is 10.0. The van der Waals surface area contributed by atoms with Crippen LogP contribution in [0.15, 0.2) is 132 Å². The van der Waals surface area contributed by atoms with Gasteiger partial charge in [0.1, 0.15) is 12.1 Å². The highest BCUT2D eigenvalue weighted by atomic mass is 33.1. The number of amides is 8. The fourth-order valence-electron chi connectivity index (χ4n) is 7.78. The number of pyridine rings is 2. The molecular weight excluding hydrogens is 961 g/mol. The van der Waals surface area contributed by atoms with Gasteiger partial charge in [0, 0.05) is 91.1 Å². The molecule has 12 N–H and O–H groups in total. The summed E-state index contributed by atoms with van der Waals surface area (Å²) in [6.45, 7) is -1.86. The Hall–Kier alpha value is -8.76. The van der Waals surface area contributed by atoms with Crippen molar-refractivity contribution in [2.45, 2.75) is 34.7 Å². The lowest BCUT2D eigenvalue weighted by molar-refractivity contribution is -0.128. The van der Waals surface area contributed by atoms with Crippen LogP contribution < -0.4 is 43.4 Å². The average molecular weight is 1010 g/mol. The van der Waals surface area contributed by atoms with E-state index in [9.17, 15) is 38.4 Å². The van der Waals surface area contributed by atoms with Gasteiger partial charge in [0.05, 0.1) is 37.2 Å². The fraction of sp³-hybridized carbons (Fsp3) is 0.160. The maximum Gasteiger partial charge on any atom is 0.251 e. The Kier molecular flexibility index (Phi) is 15.7. The molecule has 22 heteroatoms. The molecule has 20 nitrogen and oxygen atoms in total. The number of hydrogen-bond donors (Lipinski definition) is 10. The molecule has 0 aliphatic rings. The van der Waals surface area contributed by atoms with Gasteiger partial charge in [0.25, 0.3) is 11.8 Å². The summed E-state index contributed by atoms with van der Waals surface area (Å²) in [7, 11) is 2.52. The number of fused-ring (bicyclic) bond motifs is 4. The monoisotopic (exact) mass is 1010 g/mol. The molecule has 0 spiro atoms. The summed E-state index contributed by atoms with van der Waals surface area (Å²) in [5.74, 6) is -5.24.